The smallest absolute Gasteiger partial charge is 0.175 e. The summed E-state index contributed by atoms with van der Waals surface area (Å²) in [5.41, 5.74) is 0. The maximum absolute atomic E-state index is 4.05. The number of thioether (sulfide) groups is 1. The highest BCUT2D eigenvalue weighted by Crippen LogP contribution is 2.10. The molecule has 2 aromatic heterocycles. The van der Waals surface area contributed by atoms with Crippen LogP contribution in [0.15, 0.2) is 35.6 Å². The normalized spacial score (nSPS) is 10.2. The monoisotopic (exact) mass is 192 g/mol. The minimum Gasteiger partial charge on any atom is -0.221 e. The first kappa shape index (κ1) is 8.25. The lowest BCUT2D eigenvalue weighted by Gasteiger charge is -1.98. The van der Waals surface area contributed by atoms with Crippen LogP contribution in [0.4, 0.5) is 0 Å². The van der Waals surface area contributed by atoms with E-state index in [4.69, 9.17) is 0 Å². The van der Waals surface area contributed by atoms with Crippen molar-refractivity contribution in [3.8, 4) is 5.82 Å². The number of rotatable bonds is 2. The van der Waals surface area contributed by atoms with Gasteiger partial charge in [0.1, 0.15) is 5.03 Å². The predicted octanol–water partition coefficient (Wildman–Crippen LogP) is 1.38. The lowest BCUT2D eigenvalue weighted by atomic mass is 10.5. The first-order valence-corrected chi connectivity index (χ1v) is 5.00. The van der Waals surface area contributed by atoms with E-state index in [0.717, 1.165) is 10.8 Å². The maximum Gasteiger partial charge on any atom is 0.175 e. The molecule has 0 atom stereocenters. The van der Waals surface area contributed by atoms with Gasteiger partial charge in [0.2, 0.25) is 0 Å². The van der Waals surface area contributed by atoms with E-state index in [-0.39, 0.29) is 0 Å². The average Bonchev–Trinajstić information content (AvgIpc) is 2.71. The van der Waals surface area contributed by atoms with Crippen LogP contribution in [-0.4, -0.2) is 26.2 Å². The Balaban J connectivity index is 2.33. The summed E-state index contributed by atoms with van der Waals surface area (Å²) in [6.45, 7) is 0. The van der Waals surface area contributed by atoms with Crippen LogP contribution in [0.2, 0.25) is 0 Å². The Kier molecular flexibility index (Phi) is 2.27. The van der Waals surface area contributed by atoms with Crippen molar-refractivity contribution in [2.45, 2.75) is 5.03 Å². The molecule has 2 rings (SSSR count). The van der Waals surface area contributed by atoms with E-state index in [2.05, 4.69) is 15.3 Å². The molecule has 0 spiro atoms. The Bertz CT molecular complexity index is 368. The summed E-state index contributed by atoms with van der Waals surface area (Å²) in [6, 6.07) is 5.67. The summed E-state index contributed by atoms with van der Waals surface area (Å²) in [7, 11) is 0. The second-order valence-corrected chi connectivity index (χ2v) is 3.21. The van der Waals surface area contributed by atoms with Gasteiger partial charge in [-0.3, -0.25) is 0 Å². The van der Waals surface area contributed by atoms with Gasteiger partial charge >= 0.3 is 0 Å². The Labute approximate surface area is 80.0 Å². The van der Waals surface area contributed by atoms with Crippen LogP contribution in [0.3, 0.4) is 0 Å². The summed E-state index contributed by atoms with van der Waals surface area (Å²) in [4.78, 5) is 0. The van der Waals surface area contributed by atoms with Gasteiger partial charge in [0.05, 0.1) is 0 Å². The maximum atomic E-state index is 4.05. The molecule has 0 fully saturated rings. The minimum absolute atomic E-state index is 0.739. The number of nitrogens with zero attached hydrogens (tertiary/aromatic N) is 4. The zero-order valence-electron chi connectivity index (χ0n) is 7.08. The zero-order valence-corrected chi connectivity index (χ0v) is 7.90. The van der Waals surface area contributed by atoms with Crippen molar-refractivity contribution in [2.24, 2.45) is 0 Å². The Morgan fingerprint density at radius 2 is 2.23 bits per heavy atom. The highest BCUT2D eigenvalue weighted by Gasteiger charge is 1.98. The average molecular weight is 192 g/mol. The molecule has 4 nitrogen and oxygen atoms in total. The van der Waals surface area contributed by atoms with E-state index in [1.165, 1.54) is 0 Å². The number of hydrogen-bond donors (Lipinski definition) is 0. The lowest BCUT2D eigenvalue weighted by molar-refractivity contribution is 0.792. The van der Waals surface area contributed by atoms with Crippen LogP contribution < -0.4 is 0 Å². The second-order valence-electron chi connectivity index (χ2n) is 2.38. The van der Waals surface area contributed by atoms with Crippen LogP contribution in [0.1, 0.15) is 0 Å². The molecule has 2 heterocycles. The lowest BCUT2D eigenvalue weighted by Crippen LogP contribution is -1.99. The molecule has 0 amide bonds. The first-order chi connectivity index (χ1) is 6.40. The molecule has 66 valence electrons. The van der Waals surface area contributed by atoms with Crippen LogP contribution in [-0.2, 0) is 0 Å². The van der Waals surface area contributed by atoms with E-state index in [0.29, 0.717) is 0 Å². The van der Waals surface area contributed by atoms with E-state index >= 15 is 0 Å². The van der Waals surface area contributed by atoms with Gasteiger partial charge in [0.25, 0.3) is 0 Å². The number of hydrogen-bond acceptors (Lipinski definition) is 4. The summed E-state index contributed by atoms with van der Waals surface area (Å²) in [6.07, 6.45) is 5.52. The van der Waals surface area contributed by atoms with Gasteiger partial charge in [-0.25, -0.2) is 4.68 Å². The van der Waals surface area contributed by atoms with E-state index in [1.807, 2.05) is 30.7 Å². The molecule has 0 radical (unpaired) electrons. The molecule has 0 saturated carbocycles. The standard InChI is InChI=1S/C8H8N4S/c1-13-8-4-3-7(10-11-8)12-6-2-5-9-12/h2-6H,1H3. The largest absolute Gasteiger partial charge is 0.221 e. The van der Waals surface area contributed by atoms with Crippen molar-refractivity contribution < 1.29 is 0 Å². The van der Waals surface area contributed by atoms with E-state index < -0.39 is 0 Å². The SMILES string of the molecule is CSc1ccc(-n2cccn2)nn1. The van der Waals surface area contributed by atoms with Gasteiger partial charge in [-0.2, -0.15) is 5.10 Å². The molecule has 0 bridgehead atoms. The molecule has 0 aromatic carbocycles. The Morgan fingerprint density at radius 1 is 1.31 bits per heavy atom. The zero-order chi connectivity index (χ0) is 9.10. The fraction of sp³-hybridized carbons (Fsp3) is 0.125. The Hall–Kier alpha value is -1.36. The van der Waals surface area contributed by atoms with Gasteiger partial charge in [-0.15, -0.1) is 22.0 Å². The fourth-order valence-corrected chi connectivity index (χ4v) is 1.27. The van der Waals surface area contributed by atoms with Crippen molar-refractivity contribution in [1.29, 1.82) is 0 Å². The molecular weight excluding hydrogens is 184 g/mol. The minimum atomic E-state index is 0.739. The van der Waals surface area contributed by atoms with Crippen molar-refractivity contribution in [3.05, 3.63) is 30.6 Å². The second kappa shape index (κ2) is 3.57. The summed E-state index contributed by atoms with van der Waals surface area (Å²) in [5, 5.41) is 13.0. The summed E-state index contributed by atoms with van der Waals surface area (Å²) < 4.78 is 1.68. The third-order valence-corrected chi connectivity index (χ3v) is 2.21. The Morgan fingerprint density at radius 3 is 2.77 bits per heavy atom. The van der Waals surface area contributed by atoms with Gasteiger partial charge in [-0.1, -0.05) is 0 Å². The van der Waals surface area contributed by atoms with Gasteiger partial charge in [-0.05, 0) is 24.5 Å². The van der Waals surface area contributed by atoms with Crippen LogP contribution in [0.25, 0.3) is 5.82 Å². The van der Waals surface area contributed by atoms with Crippen molar-refractivity contribution in [1.82, 2.24) is 20.0 Å². The van der Waals surface area contributed by atoms with Crippen molar-refractivity contribution in [2.75, 3.05) is 6.26 Å². The molecule has 5 heteroatoms. The van der Waals surface area contributed by atoms with Crippen molar-refractivity contribution in [3.63, 3.8) is 0 Å². The van der Waals surface area contributed by atoms with Crippen LogP contribution in [0, 0.1) is 0 Å². The molecule has 0 N–H and O–H groups in total. The number of aromatic nitrogens is 4. The van der Waals surface area contributed by atoms with Gasteiger partial charge in [0, 0.05) is 12.4 Å². The van der Waals surface area contributed by atoms with Gasteiger partial charge < -0.3 is 0 Å². The van der Waals surface area contributed by atoms with Crippen LogP contribution in [0.5, 0.6) is 0 Å². The third kappa shape index (κ3) is 1.70. The third-order valence-electron chi connectivity index (χ3n) is 1.57. The van der Waals surface area contributed by atoms with Gasteiger partial charge in [0.15, 0.2) is 5.82 Å². The van der Waals surface area contributed by atoms with E-state index in [1.54, 1.807) is 22.6 Å². The fourth-order valence-electron chi connectivity index (χ4n) is 0.948. The molecule has 0 unspecified atom stereocenters. The topological polar surface area (TPSA) is 43.6 Å². The molecule has 2 aromatic rings. The molecule has 13 heavy (non-hydrogen) atoms. The summed E-state index contributed by atoms with van der Waals surface area (Å²) in [5.74, 6) is 0.739. The molecule has 0 saturated heterocycles. The van der Waals surface area contributed by atoms with E-state index in [9.17, 15) is 0 Å². The molecule has 0 aliphatic rings. The van der Waals surface area contributed by atoms with Crippen molar-refractivity contribution >= 4 is 11.8 Å². The molecule has 0 aliphatic heterocycles. The quantitative estimate of drug-likeness (QED) is 0.674. The highest BCUT2D eigenvalue weighted by atomic mass is 32.2. The molecular formula is C8H8N4S. The predicted molar refractivity (Wildman–Crippen MR) is 50.9 cm³/mol. The highest BCUT2D eigenvalue weighted by molar-refractivity contribution is 7.98. The summed E-state index contributed by atoms with van der Waals surface area (Å²) >= 11 is 1.57. The first-order valence-electron chi connectivity index (χ1n) is 3.78. The molecule has 0 aliphatic carbocycles. The van der Waals surface area contributed by atoms with Crippen LogP contribution >= 0.6 is 11.8 Å².